The van der Waals surface area contributed by atoms with E-state index < -0.39 is 0 Å². The van der Waals surface area contributed by atoms with Crippen molar-refractivity contribution in [3.63, 3.8) is 0 Å². The van der Waals surface area contributed by atoms with Crippen LogP contribution < -0.4 is 10.2 Å². The van der Waals surface area contributed by atoms with Gasteiger partial charge >= 0.3 is 0 Å². The molecule has 1 aromatic carbocycles. The smallest absolute Gasteiger partial charge is 0.193 e. The quantitative estimate of drug-likeness (QED) is 0.424. The molecule has 4 heterocycles. The maximum Gasteiger partial charge on any atom is 0.193 e. The van der Waals surface area contributed by atoms with Crippen molar-refractivity contribution in [3.05, 3.63) is 94.5 Å². The molecule has 0 spiro atoms. The summed E-state index contributed by atoms with van der Waals surface area (Å²) in [5.41, 5.74) is 6.81. The fourth-order valence-electron chi connectivity index (χ4n) is 4.43. The summed E-state index contributed by atoms with van der Waals surface area (Å²) in [5.74, 6) is 0. The van der Waals surface area contributed by atoms with Crippen molar-refractivity contribution < 1.29 is 0 Å². The minimum atomic E-state index is -0.0561. The summed E-state index contributed by atoms with van der Waals surface area (Å²) in [6.07, 6.45) is 3.69. The molecule has 4 aromatic rings. The number of thiocarbonyl (C=S) groups is 1. The number of thiazole rings is 1. The number of aryl methyl sites for hydroxylation is 2. The van der Waals surface area contributed by atoms with Gasteiger partial charge in [-0.25, -0.2) is 4.98 Å². The number of aromatic nitrogens is 3. The molecule has 0 radical (unpaired) electrons. The molecule has 0 bridgehead atoms. The zero-order valence-corrected chi connectivity index (χ0v) is 19.2. The lowest BCUT2D eigenvalue weighted by Gasteiger charge is -2.28. The minimum Gasteiger partial charge on any atom is -0.351 e. The van der Waals surface area contributed by atoms with E-state index in [-0.39, 0.29) is 12.1 Å². The molecule has 1 aliphatic rings. The van der Waals surface area contributed by atoms with Crippen LogP contribution in [0.4, 0.5) is 5.69 Å². The number of nitrogens with one attached hydrogen (secondary N) is 1. The van der Waals surface area contributed by atoms with Crippen LogP contribution in [-0.4, -0.2) is 19.6 Å². The SMILES string of the molecule is Cc1cccc(N2C(=S)N[C@H](c3ccccn3)[C@@H]2c2cc(C)n(-c3nccs3)c2C)c1. The standard InChI is InChI=1S/C24H23N5S2/c1-15-7-6-8-18(13-15)29-22(21(27-23(29)30)20-9-4-5-10-25-20)19-14-16(2)28(17(19)3)24-26-11-12-31-24/h4-14,21-22H,1-3H3,(H,27,30)/t21-,22+/m1/s1. The molecule has 1 aliphatic heterocycles. The average molecular weight is 446 g/mol. The highest BCUT2D eigenvalue weighted by Gasteiger charge is 2.42. The minimum absolute atomic E-state index is 0.0240. The molecule has 5 rings (SSSR count). The summed E-state index contributed by atoms with van der Waals surface area (Å²) in [4.78, 5) is 11.4. The molecule has 0 unspecified atom stereocenters. The summed E-state index contributed by atoms with van der Waals surface area (Å²) < 4.78 is 2.23. The van der Waals surface area contributed by atoms with E-state index in [1.54, 1.807) is 11.3 Å². The Kier molecular flexibility index (Phi) is 5.08. The fourth-order valence-corrected chi connectivity index (χ4v) is 5.53. The van der Waals surface area contributed by atoms with Crippen LogP contribution in [0.3, 0.4) is 0 Å². The topological polar surface area (TPSA) is 46.0 Å². The van der Waals surface area contributed by atoms with Crippen LogP contribution in [-0.2, 0) is 0 Å². The molecular weight excluding hydrogens is 422 g/mol. The zero-order valence-electron chi connectivity index (χ0n) is 17.6. The van der Waals surface area contributed by atoms with Gasteiger partial charge in [-0.3, -0.25) is 9.55 Å². The summed E-state index contributed by atoms with van der Waals surface area (Å²) in [7, 11) is 0. The van der Waals surface area contributed by atoms with E-state index in [1.807, 2.05) is 29.9 Å². The van der Waals surface area contributed by atoms with E-state index in [0.29, 0.717) is 5.11 Å². The lowest BCUT2D eigenvalue weighted by Crippen LogP contribution is -2.29. The van der Waals surface area contributed by atoms with Crippen molar-refractivity contribution in [1.29, 1.82) is 0 Å². The third kappa shape index (κ3) is 3.43. The van der Waals surface area contributed by atoms with Crippen LogP contribution in [0.5, 0.6) is 0 Å². The first-order chi connectivity index (χ1) is 15.0. The number of nitrogens with zero attached hydrogens (tertiary/aromatic N) is 4. The molecule has 31 heavy (non-hydrogen) atoms. The van der Waals surface area contributed by atoms with E-state index >= 15 is 0 Å². The van der Waals surface area contributed by atoms with Gasteiger partial charge in [0.15, 0.2) is 10.2 Å². The molecule has 0 amide bonds. The average Bonchev–Trinajstić information content (AvgIpc) is 3.46. The Bertz CT molecular complexity index is 1230. The number of rotatable bonds is 4. The Morgan fingerprint density at radius 3 is 2.58 bits per heavy atom. The van der Waals surface area contributed by atoms with Crippen LogP contribution in [0.1, 0.15) is 40.3 Å². The Hall–Kier alpha value is -3.03. The van der Waals surface area contributed by atoms with Crippen LogP contribution >= 0.6 is 23.6 Å². The largest absolute Gasteiger partial charge is 0.351 e. The normalized spacial score (nSPS) is 18.4. The lowest BCUT2D eigenvalue weighted by atomic mass is 9.96. The van der Waals surface area contributed by atoms with Gasteiger partial charge in [0.05, 0.1) is 17.8 Å². The van der Waals surface area contributed by atoms with Gasteiger partial charge in [-0.05, 0) is 74.4 Å². The van der Waals surface area contributed by atoms with E-state index in [2.05, 4.69) is 81.9 Å². The van der Waals surface area contributed by atoms with E-state index in [4.69, 9.17) is 12.2 Å². The Morgan fingerprint density at radius 1 is 1.00 bits per heavy atom. The Balaban J connectivity index is 1.69. The highest BCUT2D eigenvalue weighted by Crippen LogP contribution is 2.43. The van der Waals surface area contributed by atoms with Gasteiger partial charge < -0.3 is 10.2 Å². The van der Waals surface area contributed by atoms with Crippen LogP contribution in [0.25, 0.3) is 5.13 Å². The van der Waals surface area contributed by atoms with Crippen molar-refractivity contribution >= 4 is 34.4 Å². The fraction of sp³-hybridized carbons (Fsp3) is 0.208. The molecule has 3 aromatic heterocycles. The zero-order chi connectivity index (χ0) is 21.5. The maximum atomic E-state index is 5.85. The molecule has 5 nitrogen and oxygen atoms in total. The number of hydrogen-bond donors (Lipinski definition) is 1. The monoisotopic (exact) mass is 445 g/mol. The summed E-state index contributed by atoms with van der Waals surface area (Å²) >= 11 is 7.49. The predicted molar refractivity (Wildman–Crippen MR) is 130 cm³/mol. The molecule has 0 aliphatic carbocycles. The molecular formula is C24H23N5S2. The molecule has 1 fully saturated rings. The van der Waals surface area contributed by atoms with Crippen molar-refractivity contribution in [2.24, 2.45) is 0 Å². The van der Waals surface area contributed by atoms with Gasteiger partial charge in [-0.1, -0.05) is 18.2 Å². The van der Waals surface area contributed by atoms with Crippen LogP contribution in [0.15, 0.2) is 66.3 Å². The molecule has 2 atom stereocenters. The molecule has 1 saturated heterocycles. The first-order valence-electron chi connectivity index (χ1n) is 10.2. The number of anilines is 1. The second-order valence-corrected chi connectivity index (χ2v) is 9.07. The maximum absolute atomic E-state index is 5.85. The molecule has 0 saturated carbocycles. The number of pyridine rings is 1. The Labute approximate surface area is 191 Å². The Morgan fingerprint density at radius 2 is 1.87 bits per heavy atom. The van der Waals surface area contributed by atoms with Crippen molar-refractivity contribution in [1.82, 2.24) is 19.9 Å². The molecule has 7 heteroatoms. The third-order valence-electron chi connectivity index (χ3n) is 5.78. The summed E-state index contributed by atoms with van der Waals surface area (Å²) in [6.45, 7) is 6.40. The number of benzene rings is 1. The van der Waals surface area contributed by atoms with Gasteiger partial charge in [-0.15, -0.1) is 11.3 Å². The van der Waals surface area contributed by atoms with Crippen LogP contribution in [0, 0.1) is 20.8 Å². The van der Waals surface area contributed by atoms with E-state index in [1.165, 1.54) is 16.8 Å². The van der Waals surface area contributed by atoms with Crippen molar-refractivity contribution in [3.8, 4) is 5.13 Å². The lowest BCUT2D eigenvalue weighted by molar-refractivity contribution is 0.565. The third-order valence-corrected chi connectivity index (χ3v) is 6.85. The first kappa shape index (κ1) is 19.9. The van der Waals surface area contributed by atoms with Gasteiger partial charge in [0.2, 0.25) is 0 Å². The predicted octanol–water partition coefficient (Wildman–Crippen LogP) is 5.43. The first-order valence-corrected chi connectivity index (χ1v) is 11.5. The highest BCUT2D eigenvalue weighted by molar-refractivity contribution is 7.80. The van der Waals surface area contributed by atoms with Crippen molar-refractivity contribution in [2.45, 2.75) is 32.9 Å². The summed E-state index contributed by atoms with van der Waals surface area (Å²) in [5, 5.41) is 7.25. The highest BCUT2D eigenvalue weighted by atomic mass is 32.1. The van der Waals surface area contributed by atoms with Crippen LogP contribution in [0.2, 0.25) is 0 Å². The van der Waals surface area contributed by atoms with Gasteiger partial charge in [-0.2, -0.15) is 0 Å². The van der Waals surface area contributed by atoms with E-state index in [9.17, 15) is 0 Å². The van der Waals surface area contributed by atoms with Gasteiger partial charge in [0, 0.05) is 34.8 Å². The molecule has 156 valence electrons. The molecule has 1 N–H and O–H groups in total. The number of hydrogen-bond acceptors (Lipinski definition) is 4. The van der Waals surface area contributed by atoms with E-state index in [0.717, 1.165) is 22.2 Å². The van der Waals surface area contributed by atoms with Gasteiger partial charge in [0.25, 0.3) is 0 Å². The second-order valence-electron chi connectivity index (χ2n) is 7.81. The van der Waals surface area contributed by atoms with Crippen molar-refractivity contribution in [2.75, 3.05) is 4.90 Å². The second kappa shape index (κ2) is 7.90. The summed E-state index contributed by atoms with van der Waals surface area (Å²) in [6, 6.07) is 16.7. The van der Waals surface area contributed by atoms with Gasteiger partial charge in [0.1, 0.15) is 0 Å².